The summed E-state index contributed by atoms with van der Waals surface area (Å²) in [6.45, 7) is 7.92. The van der Waals surface area contributed by atoms with Crippen LogP contribution >= 0.6 is 0 Å². The second-order valence-electron chi connectivity index (χ2n) is 6.03. The summed E-state index contributed by atoms with van der Waals surface area (Å²) in [7, 11) is 6.51. The highest BCUT2D eigenvalue weighted by Gasteiger charge is 2.05. The predicted molar refractivity (Wildman–Crippen MR) is 80.2 cm³/mol. The van der Waals surface area contributed by atoms with E-state index in [0.29, 0.717) is 0 Å². The van der Waals surface area contributed by atoms with Crippen molar-refractivity contribution in [1.82, 2.24) is 14.7 Å². The molecule has 0 aromatic rings. The number of rotatable bonds is 0. The number of piperidine rings is 1. The molecule has 3 saturated heterocycles. The molecule has 0 aromatic heterocycles. The van der Waals surface area contributed by atoms with Gasteiger partial charge in [-0.3, -0.25) is 0 Å². The van der Waals surface area contributed by atoms with Crippen LogP contribution in [0.5, 0.6) is 0 Å². The first-order chi connectivity index (χ1) is 8.68. The van der Waals surface area contributed by atoms with Crippen molar-refractivity contribution >= 4 is 0 Å². The molecule has 0 aromatic carbocycles. The van der Waals surface area contributed by atoms with Crippen molar-refractivity contribution in [3.8, 4) is 0 Å². The van der Waals surface area contributed by atoms with Crippen LogP contribution in [-0.4, -0.2) is 75.1 Å². The van der Waals surface area contributed by atoms with Gasteiger partial charge in [0.1, 0.15) is 0 Å². The summed E-state index contributed by atoms with van der Waals surface area (Å²) in [4.78, 5) is 7.06. The third-order valence-corrected chi connectivity index (χ3v) is 3.99. The Bertz CT molecular complexity index is 180. The zero-order chi connectivity index (χ0) is 13.2. The van der Waals surface area contributed by atoms with E-state index in [9.17, 15) is 0 Å². The zero-order valence-corrected chi connectivity index (χ0v) is 12.8. The summed E-state index contributed by atoms with van der Waals surface area (Å²) in [5, 5.41) is 0. The topological polar surface area (TPSA) is 9.72 Å². The molecule has 3 heterocycles. The molecule has 3 aliphatic rings. The minimum atomic E-state index is 1.32. The van der Waals surface area contributed by atoms with Gasteiger partial charge in [-0.05, 0) is 92.5 Å². The monoisotopic (exact) mass is 255 g/mol. The fraction of sp³-hybridized carbons (Fsp3) is 1.00. The Kier molecular flexibility index (Phi) is 8.64. The van der Waals surface area contributed by atoms with E-state index in [-0.39, 0.29) is 0 Å². The van der Waals surface area contributed by atoms with E-state index in [0.717, 1.165) is 0 Å². The van der Waals surface area contributed by atoms with Crippen LogP contribution in [0.15, 0.2) is 0 Å². The summed E-state index contributed by atoms with van der Waals surface area (Å²) in [5.74, 6) is 0. The minimum Gasteiger partial charge on any atom is -0.306 e. The number of likely N-dealkylation sites (tertiary alicyclic amines) is 3. The third-order valence-electron chi connectivity index (χ3n) is 3.99. The average Bonchev–Trinajstić information content (AvgIpc) is 2.80. The van der Waals surface area contributed by atoms with Gasteiger partial charge in [0, 0.05) is 0 Å². The lowest BCUT2D eigenvalue weighted by atomic mass is 10.1. The van der Waals surface area contributed by atoms with Crippen LogP contribution in [0.2, 0.25) is 0 Å². The van der Waals surface area contributed by atoms with Gasteiger partial charge in [-0.15, -0.1) is 0 Å². The fourth-order valence-corrected chi connectivity index (χ4v) is 2.40. The number of hydrogen-bond acceptors (Lipinski definition) is 3. The van der Waals surface area contributed by atoms with Crippen molar-refractivity contribution in [2.75, 3.05) is 60.4 Å². The highest BCUT2D eigenvalue weighted by atomic mass is 15.1. The Morgan fingerprint density at radius 1 is 0.389 bits per heavy atom. The van der Waals surface area contributed by atoms with Crippen molar-refractivity contribution in [2.24, 2.45) is 0 Å². The quantitative estimate of drug-likeness (QED) is 0.656. The summed E-state index contributed by atoms with van der Waals surface area (Å²) in [6, 6.07) is 0. The Morgan fingerprint density at radius 2 is 0.667 bits per heavy atom. The zero-order valence-electron chi connectivity index (χ0n) is 12.8. The van der Waals surface area contributed by atoms with Crippen molar-refractivity contribution in [1.29, 1.82) is 0 Å². The smallest absolute Gasteiger partial charge is 0.000959 e. The standard InChI is InChI=1S/C6H13N.C5H11N.C4H9N/c1-7-5-3-2-4-6-7;1-6-4-2-3-5-6;1-5-3-2-4-5/h2-6H2,1H3;2-5H2,1H3;2-4H2,1H3. The largest absolute Gasteiger partial charge is 0.306 e. The molecule has 18 heavy (non-hydrogen) atoms. The Labute approximate surface area is 114 Å². The molecule has 0 amide bonds. The lowest BCUT2D eigenvalue weighted by molar-refractivity contribution is 0.229. The van der Waals surface area contributed by atoms with Gasteiger partial charge in [-0.2, -0.15) is 0 Å². The molecule has 0 spiro atoms. The highest BCUT2D eigenvalue weighted by Crippen LogP contribution is 2.04. The first-order valence-corrected chi connectivity index (χ1v) is 7.74. The van der Waals surface area contributed by atoms with E-state index in [1.807, 2.05) is 0 Å². The van der Waals surface area contributed by atoms with Gasteiger partial charge in [0.2, 0.25) is 0 Å². The Hall–Kier alpha value is -0.120. The molecule has 0 radical (unpaired) electrons. The predicted octanol–water partition coefficient (Wildman–Crippen LogP) is 2.14. The van der Waals surface area contributed by atoms with Crippen molar-refractivity contribution < 1.29 is 0 Å². The molecule has 0 N–H and O–H groups in total. The first kappa shape index (κ1) is 15.9. The molecule has 0 unspecified atom stereocenters. The number of hydrogen-bond donors (Lipinski definition) is 0. The summed E-state index contributed by atoms with van der Waals surface area (Å²) >= 11 is 0. The van der Waals surface area contributed by atoms with Crippen molar-refractivity contribution in [2.45, 2.75) is 38.5 Å². The van der Waals surface area contributed by atoms with Gasteiger partial charge in [-0.25, -0.2) is 0 Å². The van der Waals surface area contributed by atoms with Gasteiger partial charge >= 0.3 is 0 Å². The molecule has 0 bridgehead atoms. The van der Waals surface area contributed by atoms with E-state index in [1.165, 1.54) is 77.8 Å². The maximum atomic E-state index is 2.39. The summed E-state index contributed by atoms with van der Waals surface area (Å²) in [6.07, 6.45) is 8.51. The maximum Gasteiger partial charge on any atom is -0.000959 e. The lowest BCUT2D eigenvalue weighted by Gasteiger charge is -2.24. The molecule has 108 valence electrons. The number of nitrogens with zero attached hydrogens (tertiary/aromatic N) is 3. The van der Waals surface area contributed by atoms with E-state index in [1.54, 1.807) is 0 Å². The van der Waals surface area contributed by atoms with E-state index in [2.05, 4.69) is 35.8 Å². The highest BCUT2D eigenvalue weighted by molar-refractivity contribution is 4.61. The third kappa shape index (κ3) is 8.06. The second kappa shape index (κ2) is 9.76. The average molecular weight is 255 g/mol. The van der Waals surface area contributed by atoms with E-state index < -0.39 is 0 Å². The summed E-state index contributed by atoms with van der Waals surface area (Å²) in [5.41, 5.74) is 0. The molecule has 3 rings (SSSR count). The van der Waals surface area contributed by atoms with E-state index in [4.69, 9.17) is 0 Å². The Balaban J connectivity index is 0.000000137. The van der Waals surface area contributed by atoms with E-state index >= 15 is 0 Å². The minimum absolute atomic E-state index is 1.32. The molecular weight excluding hydrogens is 222 g/mol. The molecule has 0 aliphatic carbocycles. The van der Waals surface area contributed by atoms with Gasteiger partial charge in [-0.1, -0.05) is 6.42 Å². The molecule has 3 heteroatoms. The second-order valence-corrected chi connectivity index (χ2v) is 6.03. The van der Waals surface area contributed by atoms with Crippen LogP contribution in [-0.2, 0) is 0 Å². The van der Waals surface area contributed by atoms with Crippen LogP contribution in [0.4, 0.5) is 0 Å². The van der Waals surface area contributed by atoms with Crippen molar-refractivity contribution in [3.63, 3.8) is 0 Å². The van der Waals surface area contributed by atoms with Crippen LogP contribution < -0.4 is 0 Å². The molecule has 0 atom stereocenters. The molecule has 3 aliphatic heterocycles. The van der Waals surface area contributed by atoms with Gasteiger partial charge in [0.25, 0.3) is 0 Å². The fourth-order valence-electron chi connectivity index (χ4n) is 2.40. The summed E-state index contributed by atoms with van der Waals surface area (Å²) < 4.78 is 0. The van der Waals surface area contributed by atoms with Crippen LogP contribution in [0.25, 0.3) is 0 Å². The molecule has 3 fully saturated rings. The normalized spacial score (nSPS) is 25.5. The molecule has 0 saturated carbocycles. The van der Waals surface area contributed by atoms with Gasteiger partial charge in [0.05, 0.1) is 0 Å². The van der Waals surface area contributed by atoms with Crippen molar-refractivity contribution in [3.05, 3.63) is 0 Å². The first-order valence-electron chi connectivity index (χ1n) is 7.74. The Morgan fingerprint density at radius 3 is 0.778 bits per heavy atom. The SMILES string of the molecule is CN1CCC1.CN1CCCC1.CN1CCCCC1. The van der Waals surface area contributed by atoms with Crippen LogP contribution in [0.3, 0.4) is 0 Å². The molecule has 3 nitrogen and oxygen atoms in total. The van der Waals surface area contributed by atoms with Gasteiger partial charge < -0.3 is 14.7 Å². The van der Waals surface area contributed by atoms with Crippen LogP contribution in [0.1, 0.15) is 38.5 Å². The maximum absolute atomic E-state index is 2.39. The lowest BCUT2D eigenvalue weighted by Crippen LogP contribution is -2.32. The van der Waals surface area contributed by atoms with Gasteiger partial charge in [0.15, 0.2) is 0 Å². The molecular formula is C15H33N3. The van der Waals surface area contributed by atoms with Crippen LogP contribution in [0, 0.1) is 0 Å².